The van der Waals surface area contributed by atoms with E-state index in [1.54, 1.807) is 11.3 Å². The first kappa shape index (κ1) is 16.1. The predicted octanol–water partition coefficient (Wildman–Crippen LogP) is 2.21. The van der Waals surface area contributed by atoms with Crippen molar-refractivity contribution in [3.05, 3.63) is 21.9 Å². The Kier molecular flexibility index (Phi) is 4.59. The highest BCUT2D eigenvalue weighted by Gasteiger charge is 2.34. The fraction of sp³-hybridized carbons (Fsp3) is 0.667. The van der Waals surface area contributed by atoms with E-state index in [4.69, 9.17) is 4.74 Å². The molecule has 2 aliphatic heterocycles. The number of hydrogen-bond donors (Lipinski definition) is 1. The standard InChI is InChI=1S/C18H24N2O3S/c21-17(15-2-1-9-23-15)19-11-13-7-8-20(13)18(22)16-6-5-14(24-16)10-12-3-4-12/h5-6,12-13,15H,1-4,7-11H2,(H,19,21)/t13?,15-/m0/s1. The Bertz CT molecular complexity index is 620. The average Bonchev–Trinajstić information content (AvgIpc) is 3.03. The van der Waals surface area contributed by atoms with Crippen LogP contribution in [-0.2, 0) is 16.0 Å². The molecule has 0 spiro atoms. The summed E-state index contributed by atoms with van der Waals surface area (Å²) in [5.74, 6) is 0.927. The highest BCUT2D eigenvalue weighted by atomic mass is 32.1. The van der Waals surface area contributed by atoms with Gasteiger partial charge in [0.25, 0.3) is 5.91 Å². The number of rotatable bonds is 6. The molecule has 0 aromatic carbocycles. The minimum Gasteiger partial charge on any atom is -0.368 e. The summed E-state index contributed by atoms with van der Waals surface area (Å²) in [6, 6.07) is 4.19. The van der Waals surface area contributed by atoms with Crippen molar-refractivity contribution in [2.45, 2.75) is 50.7 Å². The number of carbonyl (C=O) groups excluding carboxylic acids is 2. The van der Waals surface area contributed by atoms with Crippen LogP contribution in [0.1, 0.15) is 46.7 Å². The van der Waals surface area contributed by atoms with Gasteiger partial charge in [-0.1, -0.05) is 0 Å². The molecule has 3 fully saturated rings. The van der Waals surface area contributed by atoms with E-state index in [-0.39, 0.29) is 24.0 Å². The van der Waals surface area contributed by atoms with Gasteiger partial charge in [-0.2, -0.15) is 0 Å². The molecule has 1 aliphatic carbocycles. The van der Waals surface area contributed by atoms with Gasteiger partial charge in [0, 0.05) is 24.6 Å². The lowest BCUT2D eigenvalue weighted by atomic mass is 10.0. The fourth-order valence-corrected chi connectivity index (χ4v) is 4.47. The maximum Gasteiger partial charge on any atom is 0.264 e. The minimum absolute atomic E-state index is 0.0327. The third kappa shape index (κ3) is 3.49. The highest BCUT2D eigenvalue weighted by Crippen LogP contribution is 2.35. The second-order valence-corrected chi connectivity index (χ2v) is 8.27. The monoisotopic (exact) mass is 348 g/mol. The lowest BCUT2D eigenvalue weighted by Crippen LogP contribution is -2.56. The molecule has 1 aromatic heterocycles. The van der Waals surface area contributed by atoms with E-state index in [9.17, 15) is 9.59 Å². The van der Waals surface area contributed by atoms with Crippen molar-refractivity contribution in [3.63, 3.8) is 0 Å². The molecule has 3 heterocycles. The van der Waals surface area contributed by atoms with Crippen molar-refractivity contribution in [2.75, 3.05) is 19.7 Å². The Balaban J connectivity index is 1.28. The predicted molar refractivity (Wildman–Crippen MR) is 92.2 cm³/mol. The van der Waals surface area contributed by atoms with Crippen LogP contribution in [0.3, 0.4) is 0 Å². The Hall–Kier alpha value is -1.40. The summed E-state index contributed by atoms with van der Waals surface area (Å²) in [7, 11) is 0. The van der Waals surface area contributed by atoms with E-state index in [2.05, 4.69) is 11.4 Å². The zero-order valence-electron chi connectivity index (χ0n) is 13.8. The number of likely N-dealkylation sites (tertiary alicyclic amines) is 1. The number of amides is 2. The van der Waals surface area contributed by atoms with Crippen molar-refractivity contribution in [2.24, 2.45) is 5.92 Å². The van der Waals surface area contributed by atoms with E-state index in [1.807, 2.05) is 11.0 Å². The maximum absolute atomic E-state index is 12.7. The molecule has 1 N–H and O–H groups in total. The molecule has 1 unspecified atom stereocenters. The molecule has 3 aliphatic rings. The maximum atomic E-state index is 12.7. The third-order valence-electron chi connectivity index (χ3n) is 5.20. The van der Waals surface area contributed by atoms with Crippen molar-refractivity contribution < 1.29 is 14.3 Å². The van der Waals surface area contributed by atoms with Crippen molar-refractivity contribution in [1.29, 1.82) is 0 Å². The number of nitrogens with one attached hydrogen (secondary N) is 1. The number of hydrogen-bond acceptors (Lipinski definition) is 4. The van der Waals surface area contributed by atoms with E-state index in [0.29, 0.717) is 13.2 Å². The van der Waals surface area contributed by atoms with Crippen LogP contribution in [0.15, 0.2) is 12.1 Å². The summed E-state index contributed by atoms with van der Waals surface area (Å²) in [5, 5.41) is 2.95. The molecular weight excluding hydrogens is 324 g/mol. The van der Waals surface area contributed by atoms with Gasteiger partial charge in [0.05, 0.1) is 10.9 Å². The summed E-state index contributed by atoms with van der Waals surface area (Å²) >= 11 is 1.64. The van der Waals surface area contributed by atoms with E-state index >= 15 is 0 Å². The van der Waals surface area contributed by atoms with Gasteiger partial charge < -0.3 is 15.0 Å². The molecular formula is C18H24N2O3S. The number of ether oxygens (including phenoxy) is 1. The summed E-state index contributed by atoms with van der Waals surface area (Å²) in [4.78, 5) is 28.7. The molecule has 4 rings (SSSR count). The first-order valence-electron chi connectivity index (χ1n) is 8.99. The van der Waals surface area contributed by atoms with Gasteiger partial charge >= 0.3 is 0 Å². The largest absolute Gasteiger partial charge is 0.368 e. The van der Waals surface area contributed by atoms with Crippen LogP contribution in [0, 0.1) is 5.92 Å². The van der Waals surface area contributed by atoms with Crippen LogP contribution in [0.25, 0.3) is 0 Å². The van der Waals surface area contributed by atoms with Gasteiger partial charge in [0.1, 0.15) is 6.10 Å². The molecule has 2 atom stereocenters. The van der Waals surface area contributed by atoms with E-state index in [1.165, 1.54) is 17.7 Å². The SMILES string of the molecule is O=C(NCC1CCN1C(=O)c1ccc(CC2CC2)s1)[C@@H]1CCCO1. The van der Waals surface area contributed by atoms with E-state index < -0.39 is 0 Å². The van der Waals surface area contributed by atoms with Gasteiger partial charge in [0.15, 0.2) is 0 Å². The third-order valence-corrected chi connectivity index (χ3v) is 6.29. The summed E-state index contributed by atoms with van der Waals surface area (Å²) in [5.41, 5.74) is 0. The smallest absolute Gasteiger partial charge is 0.264 e. The lowest BCUT2D eigenvalue weighted by molar-refractivity contribution is -0.130. The van der Waals surface area contributed by atoms with Crippen molar-refractivity contribution in [3.8, 4) is 0 Å². The molecule has 0 bridgehead atoms. The van der Waals surface area contributed by atoms with Crippen LogP contribution in [0.4, 0.5) is 0 Å². The van der Waals surface area contributed by atoms with Gasteiger partial charge in [-0.05, 0) is 56.6 Å². The number of carbonyl (C=O) groups is 2. The molecule has 6 heteroatoms. The normalized spacial score (nSPS) is 26.2. The molecule has 130 valence electrons. The molecule has 5 nitrogen and oxygen atoms in total. The molecule has 1 saturated carbocycles. The summed E-state index contributed by atoms with van der Waals surface area (Å²) in [6.45, 7) is 1.99. The zero-order valence-corrected chi connectivity index (χ0v) is 14.6. The van der Waals surface area contributed by atoms with Crippen LogP contribution in [-0.4, -0.2) is 48.6 Å². The molecule has 24 heavy (non-hydrogen) atoms. The Labute approximate surface area is 146 Å². The second-order valence-electron chi connectivity index (χ2n) is 7.10. The van der Waals surface area contributed by atoms with Crippen LogP contribution in [0.5, 0.6) is 0 Å². The van der Waals surface area contributed by atoms with Crippen LogP contribution < -0.4 is 5.32 Å². The summed E-state index contributed by atoms with van der Waals surface area (Å²) in [6.07, 6.45) is 6.21. The Morgan fingerprint density at radius 3 is 2.79 bits per heavy atom. The first-order valence-corrected chi connectivity index (χ1v) is 9.81. The van der Waals surface area contributed by atoms with Crippen molar-refractivity contribution in [1.82, 2.24) is 10.2 Å². The molecule has 2 saturated heterocycles. The quantitative estimate of drug-likeness (QED) is 0.857. The summed E-state index contributed by atoms with van der Waals surface area (Å²) < 4.78 is 5.39. The zero-order chi connectivity index (χ0) is 16.5. The van der Waals surface area contributed by atoms with E-state index in [0.717, 1.165) is 43.0 Å². The second kappa shape index (κ2) is 6.84. The minimum atomic E-state index is -0.295. The highest BCUT2D eigenvalue weighted by molar-refractivity contribution is 7.14. The van der Waals surface area contributed by atoms with Gasteiger partial charge in [-0.25, -0.2) is 0 Å². The first-order chi connectivity index (χ1) is 11.7. The fourth-order valence-electron chi connectivity index (χ4n) is 3.39. The topological polar surface area (TPSA) is 58.6 Å². The van der Waals surface area contributed by atoms with Gasteiger partial charge in [0.2, 0.25) is 5.91 Å². The van der Waals surface area contributed by atoms with Crippen molar-refractivity contribution >= 4 is 23.2 Å². The van der Waals surface area contributed by atoms with Crippen LogP contribution >= 0.6 is 11.3 Å². The molecule has 0 radical (unpaired) electrons. The molecule has 2 amide bonds. The Morgan fingerprint density at radius 1 is 1.25 bits per heavy atom. The van der Waals surface area contributed by atoms with Gasteiger partial charge in [-0.15, -0.1) is 11.3 Å². The average molecular weight is 348 g/mol. The number of thiophene rings is 1. The lowest BCUT2D eigenvalue weighted by Gasteiger charge is -2.41. The molecule has 1 aromatic rings. The number of nitrogens with zero attached hydrogens (tertiary/aromatic N) is 1. The van der Waals surface area contributed by atoms with Gasteiger partial charge in [-0.3, -0.25) is 9.59 Å². The van der Waals surface area contributed by atoms with Crippen LogP contribution in [0.2, 0.25) is 0 Å². The Morgan fingerprint density at radius 2 is 2.12 bits per heavy atom.